The van der Waals surface area contributed by atoms with Crippen LogP contribution in [0.2, 0.25) is 0 Å². The molecule has 0 radical (unpaired) electrons. The Kier molecular flexibility index (Phi) is 4.91. The van der Waals surface area contributed by atoms with Gasteiger partial charge in [-0.05, 0) is 6.92 Å². The van der Waals surface area contributed by atoms with E-state index in [0.717, 1.165) is 0 Å². The fourth-order valence-electron chi connectivity index (χ4n) is 0.386. The van der Waals surface area contributed by atoms with Crippen molar-refractivity contribution in [2.45, 2.75) is 13.3 Å². The Morgan fingerprint density at radius 3 is 2.78 bits per heavy atom. The number of amidine groups is 1. The van der Waals surface area contributed by atoms with Crippen LogP contribution in [0.5, 0.6) is 0 Å². The van der Waals surface area contributed by atoms with Crippen molar-refractivity contribution < 1.29 is 4.74 Å². The summed E-state index contributed by atoms with van der Waals surface area (Å²) in [6.45, 7) is 3.23. The number of hydrogen-bond acceptors (Lipinski definition) is 3. The molecule has 0 saturated carbocycles. The van der Waals surface area contributed by atoms with Gasteiger partial charge in [-0.3, -0.25) is 0 Å². The molecule has 9 heavy (non-hydrogen) atoms. The maximum atomic E-state index is 5.26. The van der Waals surface area contributed by atoms with Gasteiger partial charge < -0.3 is 16.3 Å². The summed E-state index contributed by atoms with van der Waals surface area (Å²) in [5.41, 5.74) is 5.26. The van der Waals surface area contributed by atoms with Crippen LogP contribution in [-0.4, -0.2) is 19.0 Å². The zero-order valence-corrected chi connectivity index (χ0v) is 5.63. The number of rotatable bonds is 4. The Hall–Kier alpha value is -0.770. The topological polar surface area (TPSA) is 73.6 Å². The minimum absolute atomic E-state index is 0.434. The highest BCUT2D eigenvalue weighted by atomic mass is 16.5. The second kappa shape index (κ2) is 5.37. The van der Waals surface area contributed by atoms with Gasteiger partial charge in [0.05, 0.1) is 6.61 Å². The molecule has 0 unspecified atom stereocenters. The Morgan fingerprint density at radius 2 is 2.33 bits per heavy atom. The van der Waals surface area contributed by atoms with Gasteiger partial charge in [0.1, 0.15) is 5.84 Å². The standard InChI is InChI=1S/C5H13N3O/c1-2-9-4-3-5(6)8-7/h2-4,7H2,1H3,(H2,6,8). The summed E-state index contributed by atoms with van der Waals surface area (Å²) in [6, 6.07) is 0. The first-order valence-electron chi connectivity index (χ1n) is 2.91. The molecule has 0 rings (SSSR count). The minimum Gasteiger partial charge on any atom is -0.386 e. The van der Waals surface area contributed by atoms with Crippen molar-refractivity contribution in [3.63, 3.8) is 0 Å². The molecule has 0 aliphatic heterocycles. The van der Waals surface area contributed by atoms with E-state index in [-0.39, 0.29) is 0 Å². The average Bonchev–Trinajstić information content (AvgIpc) is 1.89. The molecule has 0 amide bonds. The zero-order chi connectivity index (χ0) is 7.11. The van der Waals surface area contributed by atoms with E-state index in [9.17, 15) is 0 Å². The molecule has 0 saturated heterocycles. The van der Waals surface area contributed by atoms with E-state index in [1.807, 2.05) is 6.92 Å². The molecule has 0 aliphatic rings. The lowest BCUT2D eigenvalue weighted by atomic mass is 10.4. The van der Waals surface area contributed by atoms with Crippen LogP contribution in [0.1, 0.15) is 13.3 Å². The molecule has 0 bridgehead atoms. The van der Waals surface area contributed by atoms with Gasteiger partial charge in [-0.15, -0.1) is 0 Å². The van der Waals surface area contributed by atoms with Crippen molar-refractivity contribution in [3.05, 3.63) is 0 Å². The Morgan fingerprint density at radius 1 is 1.67 bits per heavy atom. The predicted molar refractivity (Wildman–Crippen MR) is 36.9 cm³/mol. The molecule has 4 nitrogen and oxygen atoms in total. The Bertz CT molecular complexity index is 92.2. The third-order valence-corrected chi connectivity index (χ3v) is 0.872. The van der Waals surface area contributed by atoms with E-state index in [2.05, 4.69) is 5.10 Å². The van der Waals surface area contributed by atoms with Crippen LogP contribution < -0.4 is 11.6 Å². The lowest BCUT2D eigenvalue weighted by molar-refractivity contribution is 0.155. The Balaban J connectivity index is 3.07. The molecule has 0 aromatic heterocycles. The van der Waals surface area contributed by atoms with Crippen LogP contribution >= 0.6 is 0 Å². The van der Waals surface area contributed by atoms with Crippen LogP contribution in [0.3, 0.4) is 0 Å². The largest absolute Gasteiger partial charge is 0.386 e. The van der Waals surface area contributed by atoms with Crippen LogP contribution in [0.4, 0.5) is 0 Å². The first-order valence-corrected chi connectivity index (χ1v) is 2.91. The lowest BCUT2D eigenvalue weighted by Gasteiger charge is -1.97. The molecule has 4 heteroatoms. The maximum absolute atomic E-state index is 5.26. The lowest BCUT2D eigenvalue weighted by Crippen LogP contribution is -2.16. The normalized spacial score (nSPS) is 11.9. The van der Waals surface area contributed by atoms with E-state index in [1.165, 1.54) is 0 Å². The molecular formula is C5H13N3O. The predicted octanol–water partition coefficient (Wildman–Crippen LogP) is -0.356. The number of hydrogen-bond donors (Lipinski definition) is 2. The smallest absolute Gasteiger partial charge is 0.121 e. The minimum atomic E-state index is 0.434. The van der Waals surface area contributed by atoms with E-state index in [4.69, 9.17) is 16.3 Å². The first kappa shape index (κ1) is 8.23. The van der Waals surface area contributed by atoms with Gasteiger partial charge in [-0.1, -0.05) is 0 Å². The van der Waals surface area contributed by atoms with Gasteiger partial charge in [-0.25, -0.2) is 0 Å². The SMILES string of the molecule is CCOCCC(N)=NN. The van der Waals surface area contributed by atoms with Crippen molar-refractivity contribution >= 4 is 5.84 Å². The summed E-state index contributed by atoms with van der Waals surface area (Å²) in [7, 11) is 0. The number of hydrazone groups is 1. The van der Waals surface area contributed by atoms with E-state index >= 15 is 0 Å². The summed E-state index contributed by atoms with van der Waals surface area (Å²) in [5.74, 6) is 5.30. The van der Waals surface area contributed by atoms with E-state index in [0.29, 0.717) is 25.5 Å². The highest BCUT2D eigenvalue weighted by molar-refractivity contribution is 5.79. The molecule has 4 N–H and O–H groups in total. The van der Waals surface area contributed by atoms with Crippen LogP contribution in [0.15, 0.2) is 5.10 Å². The quantitative estimate of drug-likeness (QED) is 0.180. The van der Waals surface area contributed by atoms with E-state index < -0.39 is 0 Å². The molecule has 0 atom stereocenters. The number of nitrogens with two attached hydrogens (primary N) is 2. The average molecular weight is 131 g/mol. The van der Waals surface area contributed by atoms with Crippen LogP contribution in [0.25, 0.3) is 0 Å². The van der Waals surface area contributed by atoms with Gasteiger partial charge >= 0.3 is 0 Å². The van der Waals surface area contributed by atoms with Crippen molar-refractivity contribution in [3.8, 4) is 0 Å². The fourth-order valence-corrected chi connectivity index (χ4v) is 0.386. The monoisotopic (exact) mass is 131 g/mol. The van der Waals surface area contributed by atoms with Gasteiger partial charge in [0.2, 0.25) is 0 Å². The van der Waals surface area contributed by atoms with Gasteiger partial charge in [0, 0.05) is 13.0 Å². The fraction of sp³-hybridized carbons (Fsp3) is 0.800. The van der Waals surface area contributed by atoms with Crippen molar-refractivity contribution in [1.29, 1.82) is 0 Å². The molecule has 0 spiro atoms. The highest BCUT2D eigenvalue weighted by Gasteiger charge is 1.89. The van der Waals surface area contributed by atoms with Gasteiger partial charge in [0.25, 0.3) is 0 Å². The maximum Gasteiger partial charge on any atom is 0.121 e. The molecular weight excluding hydrogens is 118 g/mol. The van der Waals surface area contributed by atoms with E-state index in [1.54, 1.807) is 0 Å². The third kappa shape index (κ3) is 5.10. The van der Waals surface area contributed by atoms with Crippen LogP contribution in [0, 0.1) is 0 Å². The molecule has 0 aliphatic carbocycles. The second-order valence-electron chi connectivity index (χ2n) is 1.57. The number of ether oxygens (including phenoxy) is 1. The summed E-state index contributed by atoms with van der Waals surface area (Å²) in [6.07, 6.45) is 0.615. The third-order valence-electron chi connectivity index (χ3n) is 0.872. The molecule has 54 valence electrons. The zero-order valence-electron chi connectivity index (χ0n) is 5.63. The highest BCUT2D eigenvalue weighted by Crippen LogP contribution is 1.80. The first-order chi connectivity index (χ1) is 4.31. The van der Waals surface area contributed by atoms with Crippen molar-refractivity contribution in [1.82, 2.24) is 0 Å². The molecule has 0 aromatic rings. The Labute approximate surface area is 54.9 Å². The molecule has 0 aromatic carbocycles. The summed E-state index contributed by atoms with van der Waals surface area (Å²) in [5, 5.41) is 3.27. The van der Waals surface area contributed by atoms with Gasteiger partial charge in [-0.2, -0.15) is 5.10 Å². The van der Waals surface area contributed by atoms with Crippen LogP contribution in [-0.2, 0) is 4.74 Å². The van der Waals surface area contributed by atoms with Crippen molar-refractivity contribution in [2.75, 3.05) is 13.2 Å². The second-order valence-corrected chi connectivity index (χ2v) is 1.57. The summed E-state index contributed by atoms with van der Waals surface area (Å²) >= 11 is 0. The van der Waals surface area contributed by atoms with Gasteiger partial charge in [0.15, 0.2) is 0 Å². The molecule has 0 fully saturated rings. The summed E-state index contributed by atoms with van der Waals surface area (Å²) in [4.78, 5) is 0. The summed E-state index contributed by atoms with van der Waals surface area (Å²) < 4.78 is 4.99. The number of nitrogens with zero attached hydrogens (tertiary/aromatic N) is 1. The molecule has 0 heterocycles. The van der Waals surface area contributed by atoms with Crippen molar-refractivity contribution in [2.24, 2.45) is 16.7 Å².